The molecular formula is C19H23NO3S. The lowest BCUT2D eigenvalue weighted by Crippen LogP contribution is -2.30. The van der Waals surface area contributed by atoms with Crippen LogP contribution in [0.2, 0.25) is 0 Å². The maximum atomic E-state index is 12.3. The van der Waals surface area contributed by atoms with Crippen molar-refractivity contribution in [3.05, 3.63) is 53.6 Å². The number of amides is 1. The Balaban J connectivity index is 1.93. The number of benzene rings is 2. The molecule has 0 spiro atoms. The van der Waals surface area contributed by atoms with E-state index in [1.807, 2.05) is 50.2 Å². The van der Waals surface area contributed by atoms with Crippen LogP contribution in [0.3, 0.4) is 0 Å². The van der Waals surface area contributed by atoms with Crippen LogP contribution >= 0.6 is 11.8 Å². The number of hydrogen-bond donors (Lipinski definition) is 1. The molecule has 0 aromatic heterocycles. The molecule has 2 aromatic rings. The molecule has 0 bridgehead atoms. The first-order valence-corrected chi connectivity index (χ1v) is 8.63. The molecule has 0 radical (unpaired) electrons. The van der Waals surface area contributed by atoms with E-state index in [2.05, 4.69) is 11.4 Å². The average molecular weight is 345 g/mol. The minimum atomic E-state index is -0.201. The Kier molecular flexibility index (Phi) is 6.55. The zero-order chi connectivity index (χ0) is 17.5. The van der Waals surface area contributed by atoms with Crippen molar-refractivity contribution >= 4 is 17.7 Å². The Morgan fingerprint density at radius 3 is 2.54 bits per heavy atom. The quantitative estimate of drug-likeness (QED) is 0.775. The van der Waals surface area contributed by atoms with Gasteiger partial charge in [-0.25, -0.2) is 0 Å². The number of rotatable bonds is 7. The molecular weight excluding hydrogens is 322 g/mol. The summed E-state index contributed by atoms with van der Waals surface area (Å²) in [5.74, 6) is 1.35. The first-order chi connectivity index (χ1) is 11.5. The van der Waals surface area contributed by atoms with Crippen LogP contribution in [0.25, 0.3) is 0 Å². The zero-order valence-corrected chi connectivity index (χ0v) is 15.3. The van der Waals surface area contributed by atoms with E-state index in [0.29, 0.717) is 18.0 Å². The van der Waals surface area contributed by atoms with Gasteiger partial charge in [0, 0.05) is 11.4 Å². The predicted octanol–water partition coefficient (Wildman–Crippen LogP) is 3.81. The molecule has 0 aliphatic rings. The number of carbonyl (C=O) groups excluding carboxylic acids is 1. The average Bonchev–Trinajstić information content (AvgIpc) is 2.59. The Labute approximate surface area is 147 Å². The van der Waals surface area contributed by atoms with Gasteiger partial charge in [0.05, 0.1) is 19.5 Å². The summed E-state index contributed by atoms with van der Waals surface area (Å²) in [6.07, 6.45) is 0. The number of thioether (sulfide) groups is 1. The number of aryl methyl sites for hydroxylation is 1. The van der Waals surface area contributed by atoms with Gasteiger partial charge in [-0.05, 0) is 37.6 Å². The summed E-state index contributed by atoms with van der Waals surface area (Å²) in [5.41, 5.74) is 2.29. The van der Waals surface area contributed by atoms with Crippen molar-refractivity contribution < 1.29 is 14.3 Å². The maximum Gasteiger partial charge on any atom is 0.233 e. The van der Waals surface area contributed by atoms with Crippen LogP contribution in [-0.4, -0.2) is 25.4 Å². The Hall–Kier alpha value is -2.14. The molecule has 1 N–H and O–H groups in total. The van der Waals surface area contributed by atoms with E-state index in [1.165, 1.54) is 17.3 Å². The highest BCUT2D eigenvalue weighted by Gasteiger charge is 2.15. The summed E-state index contributed by atoms with van der Waals surface area (Å²) < 4.78 is 10.5. The minimum absolute atomic E-state index is 0.0105. The van der Waals surface area contributed by atoms with Crippen molar-refractivity contribution in [2.24, 2.45) is 0 Å². The van der Waals surface area contributed by atoms with Crippen LogP contribution in [0.5, 0.6) is 11.5 Å². The molecule has 1 atom stereocenters. The van der Waals surface area contributed by atoms with Crippen molar-refractivity contribution in [3.8, 4) is 11.5 Å². The molecule has 0 saturated carbocycles. The predicted molar refractivity (Wildman–Crippen MR) is 97.9 cm³/mol. The van der Waals surface area contributed by atoms with Crippen LogP contribution in [0, 0.1) is 6.92 Å². The van der Waals surface area contributed by atoms with Crippen LogP contribution < -0.4 is 14.8 Å². The van der Waals surface area contributed by atoms with E-state index in [1.54, 1.807) is 14.2 Å². The van der Waals surface area contributed by atoms with E-state index in [9.17, 15) is 4.79 Å². The number of nitrogens with one attached hydrogen (secondary N) is 1. The summed E-state index contributed by atoms with van der Waals surface area (Å²) in [5, 5.41) is 2.78. The van der Waals surface area contributed by atoms with Crippen LogP contribution in [0.15, 0.2) is 47.4 Å². The molecule has 0 saturated heterocycles. The highest BCUT2D eigenvalue weighted by atomic mass is 32.2. The third-order valence-corrected chi connectivity index (χ3v) is 4.68. The fourth-order valence-electron chi connectivity index (χ4n) is 2.30. The lowest BCUT2D eigenvalue weighted by Gasteiger charge is -2.14. The van der Waals surface area contributed by atoms with Crippen LogP contribution in [0.4, 0.5) is 0 Å². The van der Waals surface area contributed by atoms with E-state index >= 15 is 0 Å². The first-order valence-electron chi connectivity index (χ1n) is 7.75. The van der Waals surface area contributed by atoms with Crippen LogP contribution in [-0.2, 0) is 11.3 Å². The first kappa shape index (κ1) is 18.2. The summed E-state index contributed by atoms with van der Waals surface area (Å²) in [4.78, 5) is 13.3. The van der Waals surface area contributed by atoms with Crippen molar-refractivity contribution in [1.82, 2.24) is 5.32 Å². The van der Waals surface area contributed by atoms with E-state index < -0.39 is 0 Å². The Morgan fingerprint density at radius 1 is 1.12 bits per heavy atom. The maximum absolute atomic E-state index is 12.3. The number of hydrogen-bond acceptors (Lipinski definition) is 4. The highest BCUT2D eigenvalue weighted by molar-refractivity contribution is 8.00. The summed E-state index contributed by atoms with van der Waals surface area (Å²) in [6.45, 7) is 4.48. The number of methoxy groups -OCH3 is 2. The third-order valence-electron chi connectivity index (χ3n) is 3.59. The Morgan fingerprint density at radius 2 is 1.88 bits per heavy atom. The van der Waals surface area contributed by atoms with Gasteiger partial charge < -0.3 is 14.8 Å². The summed E-state index contributed by atoms with van der Waals surface area (Å²) >= 11 is 1.49. The van der Waals surface area contributed by atoms with Crippen molar-refractivity contribution in [1.29, 1.82) is 0 Å². The monoisotopic (exact) mass is 345 g/mol. The zero-order valence-electron chi connectivity index (χ0n) is 14.5. The van der Waals surface area contributed by atoms with E-state index in [0.717, 1.165) is 10.5 Å². The Bertz CT molecular complexity index is 703. The van der Waals surface area contributed by atoms with Crippen molar-refractivity contribution in [2.75, 3.05) is 14.2 Å². The van der Waals surface area contributed by atoms with Crippen LogP contribution in [0.1, 0.15) is 18.1 Å². The van der Waals surface area contributed by atoms with Gasteiger partial charge >= 0.3 is 0 Å². The topological polar surface area (TPSA) is 47.6 Å². The molecule has 128 valence electrons. The molecule has 0 fully saturated rings. The van der Waals surface area contributed by atoms with Gasteiger partial charge in [0.1, 0.15) is 0 Å². The normalized spacial score (nSPS) is 11.7. The number of carbonyl (C=O) groups is 1. The molecule has 5 heteroatoms. The van der Waals surface area contributed by atoms with Gasteiger partial charge in [0.15, 0.2) is 11.5 Å². The molecule has 24 heavy (non-hydrogen) atoms. The number of ether oxygens (including phenoxy) is 2. The standard InChI is InChI=1S/C19H23NO3S/c1-13-6-5-7-15(10-13)12-20-19(21)14(2)24-16-8-9-17(22-3)18(11-16)23-4/h5-11,14H,12H2,1-4H3,(H,20,21)/t14-/m0/s1. The molecule has 0 aliphatic carbocycles. The van der Waals surface area contributed by atoms with E-state index in [4.69, 9.17) is 9.47 Å². The van der Waals surface area contributed by atoms with Crippen molar-refractivity contribution in [3.63, 3.8) is 0 Å². The SMILES string of the molecule is COc1ccc(S[C@@H](C)C(=O)NCc2cccc(C)c2)cc1OC. The lowest BCUT2D eigenvalue weighted by molar-refractivity contribution is -0.120. The van der Waals surface area contributed by atoms with E-state index in [-0.39, 0.29) is 11.2 Å². The second-order valence-electron chi connectivity index (χ2n) is 5.48. The van der Waals surface area contributed by atoms with Crippen molar-refractivity contribution in [2.45, 2.75) is 30.5 Å². The second kappa shape index (κ2) is 8.64. The molecule has 0 aliphatic heterocycles. The van der Waals surface area contributed by atoms with Gasteiger partial charge in [-0.3, -0.25) is 4.79 Å². The molecule has 4 nitrogen and oxygen atoms in total. The summed E-state index contributed by atoms with van der Waals surface area (Å²) in [7, 11) is 3.20. The van der Waals surface area contributed by atoms with Gasteiger partial charge in [0.2, 0.25) is 5.91 Å². The summed E-state index contributed by atoms with van der Waals surface area (Å²) in [6, 6.07) is 13.8. The molecule has 2 rings (SSSR count). The highest BCUT2D eigenvalue weighted by Crippen LogP contribution is 2.33. The fourth-order valence-corrected chi connectivity index (χ4v) is 3.22. The third kappa shape index (κ3) is 4.93. The van der Waals surface area contributed by atoms with Gasteiger partial charge in [0.25, 0.3) is 0 Å². The van der Waals surface area contributed by atoms with Gasteiger partial charge in [-0.15, -0.1) is 11.8 Å². The van der Waals surface area contributed by atoms with Gasteiger partial charge in [-0.1, -0.05) is 29.8 Å². The minimum Gasteiger partial charge on any atom is -0.493 e. The molecule has 0 unspecified atom stereocenters. The largest absolute Gasteiger partial charge is 0.493 e. The molecule has 0 heterocycles. The smallest absolute Gasteiger partial charge is 0.233 e. The molecule has 1 amide bonds. The molecule has 2 aromatic carbocycles. The fraction of sp³-hybridized carbons (Fsp3) is 0.316. The van der Waals surface area contributed by atoms with Gasteiger partial charge in [-0.2, -0.15) is 0 Å². The lowest BCUT2D eigenvalue weighted by atomic mass is 10.1. The second-order valence-corrected chi connectivity index (χ2v) is 6.90.